The predicted octanol–water partition coefficient (Wildman–Crippen LogP) is 2.25. The molecule has 0 spiro atoms. The Kier molecular flexibility index (Phi) is 3.54. The van der Waals surface area contributed by atoms with E-state index in [0.29, 0.717) is 11.4 Å². The van der Waals surface area contributed by atoms with Crippen LogP contribution in [0.5, 0.6) is 0 Å². The Morgan fingerprint density at radius 2 is 2.45 bits per heavy atom. The number of nitrogens with zero attached hydrogens (tertiary/aromatic N) is 3. The zero-order chi connectivity index (χ0) is 14.1. The molecule has 2 heterocycles. The van der Waals surface area contributed by atoms with E-state index in [1.54, 1.807) is 23.5 Å². The Morgan fingerprint density at radius 3 is 3.15 bits per heavy atom. The first-order chi connectivity index (χ1) is 9.63. The van der Waals surface area contributed by atoms with Crippen molar-refractivity contribution in [3.05, 3.63) is 28.3 Å². The van der Waals surface area contributed by atoms with Gasteiger partial charge in [-0.2, -0.15) is 0 Å². The van der Waals surface area contributed by atoms with Crippen molar-refractivity contribution < 1.29 is 4.92 Å². The van der Waals surface area contributed by atoms with Crippen molar-refractivity contribution in [2.45, 2.75) is 6.42 Å². The van der Waals surface area contributed by atoms with Crippen LogP contribution >= 0.6 is 11.3 Å². The number of thiazole rings is 1. The highest BCUT2D eigenvalue weighted by Gasteiger charge is 2.18. The van der Waals surface area contributed by atoms with Crippen molar-refractivity contribution >= 4 is 32.4 Å². The molecule has 1 aliphatic heterocycles. The van der Waals surface area contributed by atoms with Crippen molar-refractivity contribution in [3.63, 3.8) is 0 Å². The van der Waals surface area contributed by atoms with Crippen molar-refractivity contribution in [3.8, 4) is 0 Å². The summed E-state index contributed by atoms with van der Waals surface area (Å²) in [7, 11) is 2.03. The number of hydrogen-bond acceptors (Lipinski definition) is 6. The highest BCUT2D eigenvalue weighted by Crippen LogP contribution is 2.31. The third kappa shape index (κ3) is 2.59. The fraction of sp³-hybridized carbons (Fsp3) is 0.462. The second-order valence-corrected chi connectivity index (χ2v) is 6.15. The molecule has 3 rings (SSSR count). The Hall–Kier alpha value is -1.73. The fourth-order valence-electron chi connectivity index (χ4n) is 2.52. The largest absolute Gasteiger partial charge is 0.351 e. The summed E-state index contributed by atoms with van der Waals surface area (Å²) in [6, 6.07) is 4.85. The van der Waals surface area contributed by atoms with Gasteiger partial charge in [0.05, 0.1) is 15.1 Å². The highest BCUT2D eigenvalue weighted by atomic mass is 32.1. The Bertz CT molecular complexity index is 636. The highest BCUT2D eigenvalue weighted by molar-refractivity contribution is 7.22. The molecule has 0 unspecified atom stereocenters. The van der Waals surface area contributed by atoms with E-state index in [9.17, 15) is 10.1 Å². The van der Waals surface area contributed by atoms with Gasteiger partial charge in [0, 0.05) is 25.7 Å². The molecular weight excluding hydrogens is 276 g/mol. The van der Waals surface area contributed by atoms with E-state index in [-0.39, 0.29) is 10.6 Å². The predicted molar refractivity (Wildman–Crippen MR) is 80.5 cm³/mol. The Morgan fingerprint density at radius 1 is 1.60 bits per heavy atom. The number of nitrogens with one attached hydrogen (secondary N) is 1. The molecule has 1 N–H and O–H groups in total. The number of aromatic nitrogens is 1. The number of nitro groups is 1. The standard InChI is InChI=1S/C13H16N4O2S/c1-16(8-9-4-5-14-7-9)13-15-11-6-10(17(18)19)2-3-12(11)20-13/h2-3,6,9,14H,4-5,7-8H2,1H3/t9-/m1/s1. The van der Waals surface area contributed by atoms with Gasteiger partial charge in [0.25, 0.3) is 5.69 Å². The summed E-state index contributed by atoms with van der Waals surface area (Å²) < 4.78 is 0.988. The number of hydrogen-bond donors (Lipinski definition) is 1. The number of benzene rings is 1. The molecule has 1 fully saturated rings. The molecule has 7 heteroatoms. The van der Waals surface area contributed by atoms with Crippen LogP contribution in [0.25, 0.3) is 10.2 Å². The summed E-state index contributed by atoms with van der Waals surface area (Å²) in [5.74, 6) is 0.654. The van der Waals surface area contributed by atoms with Crippen LogP contribution in [-0.2, 0) is 0 Å². The quantitative estimate of drug-likeness (QED) is 0.691. The minimum atomic E-state index is -0.383. The van der Waals surface area contributed by atoms with Crippen LogP contribution in [0.4, 0.5) is 10.8 Å². The molecule has 0 saturated carbocycles. The third-order valence-electron chi connectivity index (χ3n) is 3.59. The van der Waals surface area contributed by atoms with Gasteiger partial charge in [-0.1, -0.05) is 11.3 Å². The maximum atomic E-state index is 10.8. The van der Waals surface area contributed by atoms with Crippen molar-refractivity contribution in [2.75, 3.05) is 31.6 Å². The van der Waals surface area contributed by atoms with Gasteiger partial charge < -0.3 is 10.2 Å². The molecule has 1 aromatic carbocycles. The number of anilines is 1. The van der Waals surface area contributed by atoms with E-state index in [2.05, 4.69) is 15.2 Å². The van der Waals surface area contributed by atoms with Gasteiger partial charge in [0.2, 0.25) is 0 Å². The van der Waals surface area contributed by atoms with Gasteiger partial charge in [-0.25, -0.2) is 4.98 Å². The molecule has 0 aliphatic carbocycles. The molecule has 1 saturated heterocycles. The third-order valence-corrected chi connectivity index (χ3v) is 4.74. The van der Waals surface area contributed by atoms with Gasteiger partial charge in [-0.05, 0) is 31.5 Å². The molecule has 0 amide bonds. The maximum Gasteiger partial charge on any atom is 0.271 e. The van der Waals surface area contributed by atoms with E-state index in [0.717, 1.165) is 29.5 Å². The molecule has 106 valence electrons. The van der Waals surface area contributed by atoms with Crippen LogP contribution in [-0.4, -0.2) is 36.6 Å². The second-order valence-electron chi connectivity index (χ2n) is 5.14. The summed E-state index contributed by atoms with van der Waals surface area (Å²) in [5.41, 5.74) is 0.799. The number of rotatable bonds is 4. The summed E-state index contributed by atoms with van der Waals surface area (Å²) in [6.45, 7) is 3.11. The SMILES string of the molecule is CN(C[C@@H]1CCNC1)c1nc2cc([N+](=O)[O-])ccc2s1. The molecular formula is C13H16N4O2S. The molecule has 20 heavy (non-hydrogen) atoms. The Labute approximate surface area is 120 Å². The van der Waals surface area contributed by atoms with Gasteiger partial charge in [0.15, 0.2) is 5.13 Å². The van der Waals surface area contributed by atoms with Crippen molar-refractivity contribution in [1.82, 2.24) is 10.3 Å². The van der Waals surface area contributed by atoms with Crippen LogP contribution in [0.2, 0.25) is 0 Å². The zero-order valence-electron chi connectivity index (χ0n) is 11.2. The van der Waals surface area contributed by atoms with E-state index in [4.69, 9.17) is 0 Å². The first kappa shape index (κ1) is 13.3. The van der Waals surface area contributed by atoms with E-state index >= 15 is 0 Å². The second kappa shape index (κ2) is 5.34. The number of fused-ring (bicyclic) bond motifs is 1. The normalized spacial score (nSPS) is 18.6. The molecule has 1 atom stereocenters. The first-order valence-electron chi connectivity index (χ1n) is 6.60. The average Bonchev–Trinajstić information content (AvgIpc) is 3.05. The van der Waals surface area contributed by atoms with Crippen molar-refractivity contribution in [1.29, 1.82) is 0 Å². The monoisotopic (exact) mass is 292 g/mol. The molecule has 2 aromatic rings. The van der Waals surface area contributed by atoms with Gasteiger partial charge >= 0.3 is 0 Å². The fourth-order valence-corrected chi connectivity index (χ4v) is 3.43. The van der Waals surface area contributed by atoms with Gasteiger partial charge in [-0.3, -0.25) is 10.1 Å². The van der Waals surface area contributed by atoms with Gasteiger partial charge in [-0.15, -0.1) is 0 Å². The van der Waals surface area contributed by atoms with E-state index in [1.165, 1.54) is 12.5 Å². The summed E-state index contributed by atoms with van der Waals surface area (Å²) in [5, 5.41) is 15.1. The molecule has 1 aliphatic rings. The molecule has 0 bridgehead atoms. The summed E-state index contributed by atoms with van der Waals surface area (Å²) >= 11 is 1.58. The lowest BCUT2D eigenvalue weighted by atomic mass is 10.1. The topological polar surface area (TPSA) is 71.3 Å². The number of non-ortho nitro benzene ring substituents is 1. The van der Waals surface area contributed by atoms with Crippen LogP contribution in [0.15, 0.2) is 18.2 Å². The lowest BCUT2D eigenvalue weighted by molar-refractivity contribution is -0.384. The minimum absolute atomic E-state index is 0.0944. The lowest BCUT2D eigenvalue weighted by Crippen LogP contribution is -2.26. The van der Waals surface area contributed by atoms with Gasteiger partial charge in [0.1, 0.15) is 0 Å². The van der Waals surface area contributed by atoms with E-state index < -0.39 is 0 Å². The zero-order valence-corrected chi connectivity index (χ0v) is 12.0. The maximum absolute atomic E-state index is 10.8. The number of nitro benzene ring substituents is 1. The van der Waals surface area contributed by atoms with Crippen LogP contribution < -0.4 is 10.2 Å². The van der Waals surface area contributed by atoms with Crippen LogP contribution in [0, 0.1) is 16.0 Å². The average molecular weight is 292 g/mol. The van der Waals surface area contributed by atoms with Crippen molar-refractivity contribution in [2.24, 2.45) is 5.92 Å². The summed E-state index contributed by atoms with van der Waals surface area (Å²) in [6.07, 6.45) is 1.20. The summed E-state index contributed by atoms with van der Waals surface area (Å²) in [4.78, 5) is 17.1. The van der Waals surface area contributed by atoms with Crippen LogP contribution in [0.3, 0.4) is 0 Å². The Balaban J connectivity index is 1.82. The molecule has 1 aromatic heterocycles. The molecule has 0 radical (unpaired) electrons. The lowest BCUT2D eigenvalue weighted by Gasteiger charge is -2.19. The smallest absolute Gasteiger partial charge is 0.271 e. The van der Waals surface area contributed by atoms with Crippen LogP contribution in [0.1, 0.15) is 6.42 Å². The van der Waals surface area contributed by atoms with E-state index in [1.807, 2.05) is 7.05 Å². The molecule has 6 nitrogen and oxygen atoms in total. The minimum Gasteiger partial charge on any atom is -0.351 e. The first-order valence-corrected chi connectivity index (χ1v) is 7.42.